The number of rotatable bonds is 4. The van der Waals surface area contributed by atoms with E-state index in [1.54, 1.807) is 23.7 Å². The summed E-state index contributed by atoms with van der Waals surface area (Å²) in [5.74, 6) is -0.441. The van der Waals surface area contributed by atoms with Gasteiger partial charge in [-0.1, -0.05) is 10.7 Å². The zero-order chi connectivity index (χ0) is 12.3. The van der Waals surface area contributed by atoms with Crippen molar-refractivity contribution in [3.05, 3.63) is 36.0 Å². The Labute approximate surface area is 103 Å². The van der Waals surface area contributed by atoms with Gasteiger partial charge in [0.2, 0.25) is 0 Å². The predicted molar refractivity (Wildman–Crippen MR) is 62.3 cm³/mol. The van der Waals surface area contributed by atoms with Crippen LogP contribution in [0.3, 0.4) is 0 Å². The van der Waals surface area contributed by atoms with Crippen LogP contribution in [0.2, 0.25) is 0 Å². The van der Waals surface area contributed by atoms with Gasteiger partial charge in [-0.05, 0) is 16.5 Å². The molecule has 0 fully saturated rings. The number of hydrogen-bond donors (Lipinski definition) is 0. The second kappa shape index (κ2) is 4.91. The summed E-state index contributed by atoms with van der Waals surface area (Å²) in [4.78, 5) is 1.10. The molecule has 90 valence electrons. The minimum atomic E-state index is -4.18. The lowest BCUT2D eigenvalue weighted by Crippen LogP contribution is -2.40. The molecule has 0 aliphatic carbocycles. The average molecular weight is 270 g/mol. The van der Waals surface area contributed by atoms with Gasteiger partial charge in [-0.2, -0.15) is 0 Å². The molecule has 0 amide bonds. The van der Waals surface area contributed by atoms with E-state index in [4.69, 9.17) is 0 Å². The standard InChI is InChI=1S/C10H10N2O3S2/c13-17(14,15)7-5-12-4-3-9(8-11-12)10-2-1-6-16-10/h1-4,6,8H,5,7H2. The zero-order valence-corrected chi connectivity index (χ0v) is 10.4. The summed E-state index contributed by atoms with van der Waals surface area (Å²) in [6, 6.07) is 5.77. The number of thiophene rings is 1. The maximum Gasteiger partial charge on any atom is 0.196 e. The summed E-state index contributed by atoms with van der Waals surface area (Å²) in [6.07, 6.45) is 3.32. The van der Waals surface area contributed by atoms with Crippen molar-refractivity contribution in [1.82, 2.24) is 5.10 Å². The lowest BCUT2D eigenvalue weighted by molar-refractivity contribution is -0.750. The summed E-state index contributed by atoms with van der Waals surface area (Å²) in [6.45, 7) is 0.0799. The molecule has 2 rings (SSSR count). The van der Waals surface area contributed by atoms with Gasteiger partial charge in [0.25, 0.3) is 0 Å². The van der Waals surface area contributed by atoms with Crippen molar-refractivity contribution in [3.63, 3.8) is 0 Å². The molecule has 0 atom stereocenters. The van der Waals surface area contributed by atoms with Gasteiger partial charge in [0.05, 0.1) is 5.75 Å². The van der Waals surface area contributed by atoms with E-state index in [9.17, 15) is 13.0 Å². The van der Waals surface area contributed by atoms with Gasteiger partial charge in [-0.15, -0.1) is 11.3 Å². The first kappa shape index (κ1) is 12.2. The first-order valence-electron chi connectivity index (χ1n) is 4.88. The number of aryl methyl sites for hydroxylation is 1. The molecule has 2 aromatic rings. The third-order valence-electron chi connectivity index (χ3n) is 2.15. The van der Waals surface area contributed by atoms with Crippen LogP contribution in [0.25, 0.3) is 10.4 Å². The fourth-order valence-electron chi connectivity index (χ4n) is 1.31. The molecule has 17 heavy (non-hydrogen) atoms. The Bertz CT molecular complexity index is 577. The highest BCUT2D eigenvalue weighted by atomic mass is 32.2. The quantitative estimate of drug-likeness (QED) is 0.603. The third kappa shape index (κ3) is 3.58. The van der Waals surface area contributed by atoms with E-state index in [1.165, 1.54) is 4.68 Å². The Morgan fingerprint density at radius 2 is 2.24 bits per heavy atom. The molecule has 0 aliphatic heterocycles. The van der Waals surface area contributed by atoms with Crippen LogP contribution in [0.1, 0.15) is 0 Å². The lowest BCUT2D eigenvalue weighted by atomic mass is 10.2. The molecule has 0 aromatic carbocycles. The molecule has 0 N–H and O–H groups in total. The monoisotopic (exact) mass is 270 g/mol. The second-order valence-electron chi connectivity index (χ2n) is 3.42. The SMILES string of the molecule is O=S(=O)([O-])CC[n+]1ccc(-c2cccs2)cn1. The predicted octanol–water partition coefficient (Wildman–Crippen LogP) is 0.643. The summed E-state index contributed by atoms with van der Waals surface area (Å²) in [7, 11) is -4.18. The zero-order valence-electron chi connectivity index (χ0n) is 8.81. The van der Waals surface area contributed by atoms with E-state index in [0.717, 1.165) is 10.4 Å². The van der Waals surface area contributed by atoms with Crippen LogP contribution in [0.15, 0.2) is 36.0 Å². The van der Waals surface area contributed by atoms with Crippen molar-refractivity contribution in [2.24, 2.45) is 0 Å². The van der Waals surface area contributed by atoms with Crippen molar-refractivity contribution in [1.29, 1.82) is 0 Å². The largest absolute Gasteiger partial charge is 0.748 e. The fourth-order valence-corrected chi connectivity index (χ4v) is 2.44. The summed E-state index contributed by atoms with van der Waals surface area (Å²) < 4.78 is 32.8. The second-order valence-corrected chi connectivity index (χ2v) is 5.89. The first-order chi connectivity index (χ1) is 8.04. The Hall–Kier alpha value is -1.31. The Morgan fingerprint density at radius 1 is 1.41 bits per heavy atom. The number of nitrogens with zero attached hydrogens (tertiary/aromatic N) is 2. The maximum absolute atomic E-state index is 10.5. The smallest absolute Gasteiger partial charge is 0.196 e. The fraction of sp³-hybridized carbons (Fsp3) is 0.200. The van der Waals surface area contributed by atoms with Gasteiger partial charge in [0, 0.05) is 16.5 Å². The molecular formula is C10H10N2O3S2. The normalized spacial score (nSPS) is 11.6. The van der Waals surface area contributed by atoms with Crippen LogP contribution in [0.4, 0.5) is 0 Å². The molecule has 0 saturated carbocycles. The van der Waals surface area contributed by atoms with E-state index in [-0.39, 0.29) is 6.54 Å². The minimum Gasteiger partial charge on any atom is -0.748 e. The van der Waals surface area contributed by atoms with Crippen molar-refractivity contribution >= 4 is 21.5 Å². The van der Waals surface area contributed by atoms with E-state index in [0.29, 0.717) is 0 Å². The van der Waals surface area contributed by atoms with Gasteiger partial charge in [0.15, 0.2) is 12.7 Å². The van der Waals surface area contributed by atoms with Crippen molar-refractivity contribution in [2.45, 2.75) is 6.54 Å². The van der Waals surface area contributed by atoms with Crippen LogP contribution < -0.4 is 4.68 Å². The van der Waals surface area contributed by atoms with Gasteiger partial charge in [-0.25, -0.2) is 8.42 Å². The van der Waals surface area contributed by atoms with Crippen LogP contribution in [0.5, 0.6) is 0 Å². The highest BCUT2D eigenvalue weighted by Gasteiger charge is 2.07. The number of aromatic nitrogens is 2. The van der Waals surface area contributed by atoms with E-state index >= 15 is 0 Å². The van der Waals surface area contributed by atoms with Crippen molar-refractivity contribution in [2.75, 3.05) is 5.75 Å². The van der Waals surface area contributed by atoms with Crippen LogP contribution >= 0.6 is 11.3 Å². The molecule has 5 nitrogen and oxygen atoms in total. The van der Waals surface area contributed by atoms with Crippen molar-refractivity contribution < 1.29 is 17.7 Å². The topological polar surface area (TPSA) is 74.0 Å². The molecular weight excluding hydrogens is 260 g/mol. The highest BCUT2D eigenvalue weighted by Crippen LogP contribution is 2.22. The molecule has 0 bridgehead atoms. The summed E-state index contributed by atoms with van der Waals surface area (Å²) in [5, 5.41) is 6.03. The first-order valence-corrected chi connectivity index (χ1v) is 7.33. The summed E-state index contributed by atoms with van der Waals surface area (Å²) in [5.41, 5.74) is 0.973. The van der Waals surface area contributed by atoms with Crippen LogP contribution in [-0.4, -0.2) is 23.8 Å². The molecule has 0 saturated heterocycles. The Balaban J connectivity index is 2.09. The molecule has 7 heteroatoms. The van der Waals surface area contributed by atoms with Crippen LogP contribution in [0, 0.1) is 0 Å². The van der Waals surface area contributed by atoms with E-state index < -0.39 is 15.9 Å². The molecule has 0 unspecified atom stereocenters. The van der Waals surface area contributed by atoms with Gasteiger partial charge < -0.3 is 4.55 Å². The lowest BCUT2D eigenvalue weighted by Gasteiger charge is -2.02. The average Bonchev–Trinajstić information content (AvgIpc) is 2.79. The van der Waals surface area contributed by atoms with Crippen LogP contribution in [-0.2, 0) is 16.7 Å². The van der Waals surface area contributed by atoms with Crippen molar-refractivity contribution in [3.8, 4) is 10.4 Å². The molecule has 2 heterocycles. The molecule has 0 spiro atoms. The third-order valence-corrected chi connectivity index (χ3v) is 3.75. The van der Waals surface area contributed by atoms with Gasteiger partial charge in [-0.3, -0.25) is 0 Å². The minimum absolute atomic E-state index is 0.0799. The van der Waals surface area contributed by atoms with Gasteiger partial charge >= 0.3 is 0 Å². The Morgan fingerprint density at radius 3 is 2.76 bits per heavy atom. The summed E-state index contributed by atoms with van der Waals surface area (Å²) >= 11 is 1.60. The number of hydrogen-bond acceptors (Lipinski definition) is 5. The maximum atomic E-state index is 10.5. The van der Waals surface area contributed by atoms with E-state index in [2.05, 4.69) is 5.10 Å². The van der Waals surface area contributed by atoms with Gasteiger partial charge in [0.1, 0.15) is 16.3 Å². The Kier molecular flexibility index (Phi) is 3.51. The molecule has 0 aliphatic rings. The molecule has 0 radical (unpaired) electrons. The highest BCUT2D eigenvalue weighted by molar-refractivity contribution is 7.85. The molecule has 2 aromatic heterocycles. The van der Waals surface area contributed by atoms with E-state index in [1.807, 2.05) is 23.6 Å².